The van der Waals surface area contributed by atoms with Gasteiger partial charge in [-0.15, -0.1) is 0 Å². The van der Waals surface area contributed by atoms with Crippen molar-refractivity contribution in [2.45, 2.75) is 13.3 Å². The van der Waals surface area contributed by atoms with Crippen molar-refractivity contribution in [1.82, 2.24) is 0 Å². The Morgan fingerprint density at radius 2 is 1.86 bits per heavy atom. The van der Waals surface area contributed by atoms with Crippen LogP contribution in [0.5, 0.6) is 0 Å². The Kier molecular flexibility index (Phi) is 5.71. The fourth-order valence-electron chi connectivity index (χ4n) is 1.80. The summed E-state index contributed by atoms with van der Waals surface area (Å²) in [6, 6.07) is 5.99. The van der Waals surface area contributed by atoms with E-state index < -0.39 is 23.8 Å². The van der Waals surface area contributed by atoms with Gasteiger partial charge in [-0.2, -0.15) is 0 Å². The predicted molar refractivity (Wildman–Crippen MR) is 74.7 cm³/mol. The van der Waals surface area contributed by atoms with Crippen molar-refractivity contribution in [3.63, 3.8) is 0 Å². The molecule has 1 aromatic rings. The van der Waals surface area contributed by atoms with Gasteiger partial charge in [0, 0.05) is 18.8 Å². The quantitative estimate of drug-likeness (QED) is 0.663. The summed E-state index contributed by atoms with van der Waals surface area (Å²) in [5, 5.41) is 26.7. The van der Waals surface area contributed by atoms with Crippen LogP contribution in [0.15, 0.2) is 24.3 Å². The first-order chi connectivity index (χ1) is 9.81. The average molecular weight is 295 g/mol. The Labute approximate surface area is 121 Å². The average Bonchev–Trinajstić information content (AvgIpc) is 2.42. The molecular weight excluding hydrogens is 278 g/mol. The van der Waals surface area contributed by atoms with Crippen LogP contribution in [0.2, 0.25) is 0 Å². The fraction of sp³-hybridized carbons (Fsp3) is 0.357. The molecule has 3 N–H and O–H groups in total. The van der Waals surface area contributed by atoms with Crippen molar-refractivity contribution in [1.29, 1.82) is 0 Å². The lowest BCUT2D eigenvalue weighted by Gasteiger charge is -2.26. The zero-order valence-electron chi connectivity index (χ0n) is 11.5. The summed E-state index contributed by atoms with van der Waals surface area (Å²) >= 11 is 0. The molecule has 0 bridgehead atoms. The van der Waals surface area contributed by atoms with Gasteiger partial charge in [-0.1, -0.05) is 13.0 Å². The maximum Gasteiger partial charge on any atom is 0.335 e. The summed E-state index contributed by atoms with van der Waals surface area (Å²) in [6.07, 6.45) is -0.163. The number of aliphatic carboxylic acids is 2. The minimum Gasteiger partial charge on any atom is -0.481 e. The molecule has 0 aliphatic heterocycles. The topological polar surface area (TPSA) is 115 Å². The molecule has 0 saturated carbocycles. The first kappa shape index (κ1) is 16.5. The molecule has 1 aromatic carbocycles. The summed E-state index contributed by atoms with van der Waals surface area (Å²) in [6.45, 7) is 1.72. The molecule has 0 spiro atoms. The van der Waals surface area contributed by atoms with Gasteiger partial charge >= 0.3 is 17.9 Å². The van der Waals surface area contributed by atoms with E-state index >= 15 is 0 Å². The molecule has 0 aliphatic rings. The Morgan fingerprint density at radius 1 is 1.19 bits per heavy atom. The minimum absolute atomic E-state index is 0.0656. The number of hydrogen-bond donors (Lipinski definition) is 3. The number of benzene rings is 1. The molecule has 0 aromatic heterocycles. The molecule has 1 unspecified atom stereocenters. The highest BCUT2D eigenvalue weighted by Crippen LogP contribution is 2.18. The van der Waals surface area contributed by atoms with Crippen LogP contribution >= 0.6 is 0 Å². The lowest BCUT2D eigenvalue weighted by molar-refractivity contribution is -0.140. The standard InChI is InChI=1S/C14H17NO6/c1-9(13(18)19)8-15(6-5-12(16)17)11-4-2-3-10(7-11)14(20)21/h2-4,7,9H,5-6,8H2,1H3,(H,16,17)(H,18,19)(H,20,21). The normalized spacial score (nSPS) is 11.7. The smallest absolute Gasteiger partial charge is 0.335 e. The van der Waals surface area contributed by atoms with E-state index in [-0.39, 0.29) is 25.1 Å². The zero-order valence-corrected chi connectivity index (χ0v) is 11.5. The van der Waals surface area contributed by atoms with E-state index in [2.05, 4.69) is 0 Å². The molecule has 0 heterocycles. The van der Waals surface area contributed by atoms with E-state index in [1.165, 1.54) is 25.1 Å². The van der Waals surface area contributed by atoms with Crippen LogP contribution in [-0.2, 0) is 9.59 Å². The Morgan fingerprint density at radius 3 is 2.38 bits per heavy atom. The number of carboxylic acid groups (broad SMARTS) is 3. The van der Waals surface area contributed by atoms with Gasteiger partial charge in [0.25, 0.3) is 0 Å². The molecule has 114 valence electrons. The Balaban J connectivity index is 2.98. The highest BCUT2D eigenvalue weighted by Gasteiger charge is 2.18. The van der Waals surface area contributed by atoms with Crippen molar-refractivity contribution in [3.05, 3.63) is 29.8 Å². The molecule has 1 atom stereocenters. The number of aromatic carboxylic acids is 1. The zero-order chi connectivity index (χ0) is 16.0. The summed E-state index contributed by atoms with van der Waals surface area (Å²) < 4.78 is 0. The van der Waals surface area contributed by atoms with E-state index in [0.717, 1.165) is 0 Å². The van der Waals surface area contributed by atoms with Crippen LogP contribution in [0, 0.1) is 5.92 Å². The first-order valence-electron chi connectivity index (χ1n) is 6.34. The van der Waals surface area contributed by atoms with Gasteiger partial charge in [0.1, 0.15) is 0 Å². The number of rotatable bonds is 8. The Bertz CT molecular complexity index is 542. The molecule has 7 nitrogen and oxygen atoms in total. The molecule has 0 aliphatic carbocycles. The fourth-order valence-corrected chi connectivity index (χ4v) is 1.80. The Hall–Kier alpha value is -2.57. The molecular formula is C14H17NO6. The van der Waals surface area contributed by atoms with E-state index in [4.69, 9.17) is 15.3 Å². The molecule has 1 rings (SSSR count). The highest BCUT2D eigenvalue weighted by molar-refractivity contribution is 5.88. The molecule has 7 heteroatoms. The van der Waals surface area contributed by atoms with Crippen molar-refractivity contribution in [2.75, 3.05) is 18.0 Å². The largest absolute Gasteiger partial charge is 0.481 e. The SMILES string of the molecule is CC(CN(CCC(=O)O)c1cccc(C(=O)O)c1)C(=O)O. The van der Waals surface area contributed by atoms with E-state index in [1.807, 2.05) is 0 Å². The second kappa shape index (κ2) is 7.28. The van der Waals surface area contributed by atoms with Crippen LogP contribution in [0.25, 0.3) is 0 Å². The van der Waals surface area contributed by atoms with E-state index in [0.29, 0.717) is 5.69 Å². The van der Waals surface area contributed by atoms with Crippen LogP contribution in [0.1, 0.15) is 23.7 Å². The second-order valence-electron chi connectivity index (χ2n) is 4.68. The molecule has 0 fully saturated rings. The van der Waals surface area contributed by atoms with Gasteiger partial charge in [0.05, 0.1) is 17.9 Å². The van der Waals surface area contributed by atoms with Crippen molar-refractivity contribution >= 4 is 23.6 Å². The van der Waals surface area contributed by atoms with E-state index in [1.54, 1.807) is 11.0 Å². The molecule has 0 saturated heterocycles. The van der Waals surface area contributed by atoms with Gasteiger partial charge < -0.3 is 20.2 Å². The third-order valence-corrected chi connectivity index (χ3v) is 2.97. The van der Waals surface area contributed by atoms with E-state index in [9.17, 15) is 14.4 Å². The highest BCUT2D eigenvalue weighted by atomic mass is 16.4. The van der Waals surface area contributed by atoms with Crippen LogP contribution in [0.4, 0.5) is 5.69 Å². The maximum atomic E-state index is 11.0. The van der Waals surface area contributed by atoms with Gasteiger partial charge in [-0.3, -0.25) is 9.59 Å². The first-order valence-corrected chi connectivity index (χ1v) is 6.34. The lowest BCUT2D eigenvalue weighted by atomic mass is 10.1. The van der Waals surface area contributed by atoms with Crippen LogP contribution in [0.3, 0.4) is 0 Å². The number of carbonyl (C=O) groups is 3. The van der Waals surface area contributed by atoms with Crippen molar-refractivity contribution < 1.29 is 29.7 Å². The summed E-state index contributed by atoms with van der Waals surface area (Å²) in [7, 11) is 0. The second-order valence-corrected chi connectivity index (χ2v) is 4.68. The summed E-state index contributed by atoms with van der Waals surface area (Å²) in [5.74, 6) is -3.80. The van der Waals surface area contributed by atoms with Gasteiger partial charge in [0.2, 0.25) is 0 Å². The van der Waals surface area contributed by atoms with Gasteiger partial charge in [0.15, 0.2) is 0 Å². The monoisotopic (exact) mass is 295 g/mol. The van der Waals surface area contributed by atoms with Crippen LogP contribution in [-0.4, -0.2) is 46.3 Å². The predicted octanol–water partition coefficient (Wildman–Crippen LogP) is 1.39. The van der Waals surface area contributed by atoms with Crippen LogP contribution < -0.4 is 4.90 Å². The maximum absolute atomic E-state index is 11.0. The summed E-state index contributed by atoms with van der Waals surface area (Å²) in [4.78, 5) is 34.2. The third-order valence-electron chi connectivity index (χ3n) is 2.97. The minimum atomic E-state index is -1.10. The lowest BCUT2D eigenvalue weighted by Crippen LogP contribution is -2.33. The van der Waals surface area contributed by atoms with Gasteiger partial charge in [-0.25, -0.2) is 4.79 Å². The van der Waals surface area contributed by atoms with Gasteiger partial charge in [-0.05, 0) is 18.2 Å². The molecule has 0 radical (unpaired) electrons. The number of anilines is 1. The molecule has 0 amide bonds. The molecule has 21 heavy (non-hydrogen) atoms. The number of nitrogens with zero attached hydrogens (tertiary/aromatic N) is 1. The summed E-state index contributed by atoms with van der Waals surface area (Å²) in [5.41, 5.74) is 0.556. The van der Waals surface area contributed by atoms with Crippen molar-refractivity contribution in [3.8, 4) is 0 Å². The number of carboxylic acids is 3. The third kappa shape index (κ3) is 5.13. The van der Waals surface area contributed by atoms with Crippen molar-refractivity contribution in [2.24, 2.45) is 5.92 Å². The number of hydrogen-bond acceptors (Lipinski definition) is 4.